The maximum absolute atomic E-state index is 14.6. The van der Waals surface area contributed by atoms with Gasteiger partial charge in [-0.3, -0.25) is 0 Å². The van der Waals surface area contributed by atoms with Gasteiger partial charge in [0.1, 0.15) is 41.5 Å². The summed E-state index contributed by atoms with van der Waals surface area (Å²) >= 11 is 6.02. The predicted octanol–water partition coefficient (Wildman–Crippen LogP) is 3.65. The fourth-order valence-corrected chi connectivity index (χ4v) is 4.39. The van der Waals surface area contributed by atoms with Crippen LogP contribution in [0.5, 0.6) is 0 Å². The van der Waals surface area contributed by atoms with Crippen LogP contribution in [0.4, 0.5) is 13.2 Å². The molecule has 0 unspecified atom stereocenters. The van der Waals surface area contributed by atoms with E-state index >= 15 is 0 Å². The number of rotatable bonds is 3. The second kappa shape index (κ2) is 7.14. The van der Waals surface area contributed by atoms with Crippen LogP contribution in [0.25, 0.3) is 11.0 Å². The summed E-state index contributed by atoms with van der Waals surface area (Å²) in [5.74, 6) is -3.80. The summed E-state index contributed by atoms with van der Waals surface area (Å²) in [6.07, 6.45) is -2.49. The van der Waals surface area contributed by atoms with E-state index in [0.29, 0.717) is 0 Å². The van der Waals surface area contributed by atoms with Crippen molar-refractivity contribution in [3.63, 3.8) is 0 Å². The smallest absolute Gasteiger partial charge is 0.165 e. The largest absolute Gasteiger partial charge is 0.386 e. The highest BCUT2D eigenvalue weighted by Gasteiger charge is 2.58. The summed E-state index contributed by atoms with van der Waals surface area (Å²) in [7, 11) is 0. The van der Waals surface area contributed by atoms with Gasteiger partial charge in [-0.1, -0.05) is 17.7 Å². The third-order valence-corrected chi connectivity index (χ3v) is 5.74. The number of hydrogen-bond donors (Lipinski definition) is 1. The Morgan fingerprint density at radius 2 is 1.84 bits per heavy atom. The van der Waals surface area contributed by atoms with Crippen molar-refractivity contribution in [2.45, 2.75) is 50.3 Å². The van der Waals surface area contributed by atoms with Gasteiger partial charge >= 0.3 is 0 Å². The first-order valence-electron chi connectivity index (χ1n) is 9.47. The molecule has 2 fully saturated rings. The van der Waals surface area contributed by atoms with E-state index in [0.717, 1.165) is 18.3 Å². The maximum Gasteiger partial charge on any atom is 0.165 e. The first kappa shape index (κ1) is 20.7. The summed E-state index contributed by atoms with van der Waals surface area (Å²) in [5, 5.41) is 10.9. The monoisotopic (exact) mass is 455 g/mol. The van der Waals surface area contributed by atoms with Crippen molar-refractivity contribution in [1.29, 1.82) is 0 Å². The van der Waals surface area contributed by atoms with Crippen LogP contribution >= 0.6 is 11.6 Å². The zero-order valence-electron chi connectivity index (χ0n) is 16.3. The highest BCUT2D eigenvalue weighted by atomic mass is 35.5. The molecular formula is C20H17ClF3N3O4. The Hall–Kier alpha value is -2.24. The molecule has 2 aromatic heterocycles. The van der Waals surface area contributed by atoms with E-state index in [1.54, 1.807) is 13.8 Å². The second-order valence-corrected chi connectivity index (χ2v) is 8.28. The molecule has 5 atom stereocenters. The maximum atomic E-state index is 14.6. The number of aromatic nitrogens is 3. The van der Waals surface area contributed by atoms with E-state index in [4.69, 9.17) is 25.8 Å². The van der Waals surface area contributed by atoms with Crippen molar-refractivity contribution >= 4 is 22.6 Å². The van der Waals surface area contributed by atoms with Crippen LogP contribution in [0.2, 0.25) is 5.15 Å². The predicted molar refractivity (Wildman–Crippen MR) is 102 cm³/mol. The molecule has 2 saturated heterocycles. The summed E-state index contributed by atoms with van der Waals surface area (Å²) in [6, 6.07) is 3.07. The lowest BCUT2D eigenvalue weighted by Crippen LogP contribution is -2.34. The van der Waals surface area contributed by atoms with Crippen LogP contribution in [0.3, 0.4) is 0 Å². The van der Waals surface area contributed by atoms with Crippen LogP contribution in [0.1, 0.15) is 31.7 Å². The van der Waals surface area contributed by atoms with Gasteiger partial charge in [0, 0.05) is 6.20 Å². The minimum absolute atomic E-state index is 0.0205. The Morgan fingerprint density at radius 1 is 1.10 bits per heavy atom. The molecule has 2 aliphatic rings. The third kappa shape index (κ3) is 3.30. The van der Waals surface area contributed by atoms with E-state index in [-0.39, 0.29) is 21.7 Å². The van der Waals surface area contributed by atoms with E-state index in [9.17, 15) is 18.3 Å². The van der Waals surface area contributed by atoms with Crippen molar-refractivity contribution in [1.82, 2.24) is 14.5 Å². The van der Waals surface area contributed by atoms with Crippen LogP contribution in [-0.4, -0.2) is 43.7 Å². The average molecular weight is 456 g/mol. The summed E-state index contributed by atoms with van der Waals surface area (Å²) in [5.41, 5.74) is 0.281. The highest BCUT2D eigenvalue weighted by Crippen LogP contribution is 2.47. The first-order chi connectivity index (χ1) is 14.7. The second-order valence-electron chi connectivity index (χ2n) is 7.92. The fraction of sp³-hybridized carbons (Fsp3) is 0.400. The molecule has 7 nitrogen and oxygen atoms in total. The zero-order valence-corrected chi connectivity index (χ0v) is 17.1. The van der Waals surface area contributed by atoms with Crippen molar-refractivity contribution in [3.8, 4) is 0 Å². The zero-order chi connectivity index (χ0) is 22.1. The van der Waals surface area contributed by atoms with E-state index in [1.807, 2.05) is 0 Å². The number of halogens is 4. The number of nitrogens with zero attached hydrogens (tertiary/aromatic N) is 3. The molecule has 0 bridgehead atoms. The number of ether oxygens (including phenoxy) is 3. The van der Waals surface area contributed by atoms with Crippen LogP contribution in [0.15, 0.2) is 30.7 Å². The van der Waals surface area contributed by atoms with Gasteiger partial charge < -0.3 is 23.9 Å². The number of aliphatic hydroxyl groups is 1. The Morgan fingerprint density at radius 3 is 2.58 bits per heavy atom. The van der Waals surface area contributed by atoms with Gasteiger partial charge in [0.25, 0.3) is 0 Å². The minimum atomic E-state index is -1.37. The van der Waals surface area contributed by atoms with Gasteiger partial charge in [-0.05, 0) is 31.5 Å². The highest BCUT2D eigenvalue weighted by molar-refractivity contribution is 6.34. The van der Waals surface area contributed by atoms with E-state index in [1.165, 1.54) is 17.0 Å². The van der Waals surface area contributed by atoms with Crippen molar-refractivity contribution in [2.75, 3.05) is 0 Å². The molecular weight excluding hydrogens is 439 g/mol. The summed E-state index contributed by atoms with van der Waals surface area (Å²) < 4.78 is 61.0. The molecule has 0 aliphatic carbocycles. The minimum Gasteiger partial charge on any atom is -0.386 e. The van der Waals surface area contributed by atoms with Crippen molar-refractivity contribution in [3.05, 3.63) is 58.9 Å². The number of hydrogen-bond acceptors (Lipinski definition) is 6. The normalized spacial score (nSPS) is 28.2. The van der Waals surface area contributed by atoms with Gasteiger partial charge in [0.2, 0.25) is 0 Å². The molecule has 4 heterocycles. The average Bonchev–Trinajstić information content (AvgIpc) is 3.32. The topological polar surface area (TPSA) is 78.6 Å². The lowest BCUT2D eigenvalue weighted by Gasteiger charge is -2.27. The van der Waals surface area contributed by atoms with E-state index < -0.39 is 53.9 Å². The Bertz CT molecular complexity index is 1170. The van der Waals surface area contributed by atoms with Gasteiger partial charge in [-0.25, -0.2) is 23.1 Å². The van der Waals surface area contributed by atoms with Crippen molar-refractivity contribution < 1.29 is 32.5 Å². The molecule has 31 heavy (non-hydrogen) atoms. The Labute approximate surface area is 179 Å². The summed E-state index contributed by atoms with van der Waals surface area (Å²) in [6.45, 7) is 3.38. The molecule has 2 aliphatic heterocycles. The molecule has 3 aromatic rings. The molecule has 0 saturated carbocycles. The third-order valence-electron chi connectivity index (χ3n) is 5.45. The van der Waals surface area contributed by atoms with Crippen LogP contribution in [0, 0.1) is 17.5 Å². The van der Waals surface area contributed by atoms with Gasteiger partial charge in [-0.15, -0.1) is 0 Å². The molecule has 0 amide bonds. The van der Waals surface area contributed by atoms with E-state index in [2.05, 4.69) is 9.97 Å². The number of fused-ring (bicyclic) bond motifs is 2. The van der Waals surface area contributed by atoms with Gasteiger partial charge in [-0.2, -0.15) is 0 Å². The van der Waals surface area contributed by atoms with Gasteiger partial charge in [0.05, 0.1) is 5.39 Å². The Kier molecular flexibility index (Phi) is 4.76. The van der Waals surface area contributed by atoms with Gasteiger partial charge in [0.15, 0.2) is 29.5 Å². The number of benzene rings is 1. The lowest BCUT2D eigenvalue weighted by molar-refractivity contribution is -0.207. The molecule has 0 radical (unpaired) electrons. The first-order valence-corrected chi connectivity index (χ1v) is 9.85. The lowest BCUT2D eigenvalue weighted by atomic mass is 9.99. The molecule has 1 N–H and O–H groups in total. The van der Waals surface area contributed by atoms with Crippen LogP contribution in [-0.2, 0) is 14.2 Å². The fourth-order valence-electron chi connectivity index (χ4n) is 4.17. The molecule has 11 heteroatoms. The molecule has 5 rings (SSSR count). The molecule has 1 aromatic carbocycles. The quantitative estimate of drug-likeness (QED) is 0.607. The molecule has 164 valence electrons. The van der Waals surface area contributed by atoms with Crippen molar-refractivity contribution in [2.24, 2.45) is 0 Å². The standard InChI is InChI=1S/C20H17ClF3N3O4/c1-20(2)30-15-14(13(28)8-3-4-9(22)10(23)5-8)29-19(16(15)31-20)27-6-11(24)12-17(21)25-7-26-18(12)27/h3-7,13-16,19,28H,1-2H3/t13-,14-,15-,16-,19-/m1/s1. The SMILES string of the molecule is CC1(C)O[C@H]2[C@@H](O1)[C@H](n1cc(F)c3c(Cl)ncnc31)O[C@@H]2[C@H](O)c1ccc(F)c(F)c1. The summed E-state index contributed by atoms with van der Waals surface area (Å²) in [4.78, 5) is 7.90. The molecule has 0 spiro atoms. The Balaban J connectivity index is 1.56. The van der Waals surface area contributed by atoms with Crippen LogP contribution < -0.4 is 0 Å². The number of aliphatic hydroxyl groups excluding tert-OH is 1.